The van der Waals surface area contributed by atoms with Crippen molar-refractivity contribution in [2.75, 3.05) is 39.4 Å². The quantitative estimate of drug-likeness (QED) is 0.775. The maximum absolute atomic E-state index is 12.8. The summed E-state index contributed by atoms with van der Waals surface area (Å²) >= 11 is 0. The summed E-state index contributed by atoms with van der Waals surface area (Å²) in [6.45, 7) is 6.12. The Morgan fingerprint density at radius 3 is 2.96 bits per heavy atom. The molecule has 7 heteroatoms. The van der Waals surface area contributed by atoms with E-state index in [0.29, 0.717) is 48.9 Å². The van der Waals surface area contributed by atoms with Crippen LogP contribution in [0.4, 0.5) is 0 Å². The molecule has 1 aromatic carbocycles. The van der Waals surface area contributed by atoms with E-state index in [1.165, 1.54) is 6.07 Å². The van der Waals surface area contributed by atoms with E-state index in [-0.39, 0.29) is 11.8 Å². The Hall–Kier alpha value is -2.30. The SMILES string of the molecule is CCCCN1CC[C@@H](CNC(=O)c2cc(C#N)cc3c2OCCCO3)C(O)C1. The maximum Gasteiger partial charge on any atom is 0.255 e. The molecule has 2 heterocycles. The Labute approximate surface area is 166 Å². The van der Waals surface area contributed by atoms with Gasteiger partial charge in [0, 0.05) is 31.5 Å². The first-order valence-corrected chi connectivity index (χ1v) is 10.1. The van der Waals surface area contributed by atoms with Crippen LogP contribution in [0.15, 0.2) is 12.1 Å². The molecule has 2 aliphatic rings. The van der Waals surface area contributed by atoms with E-state index in [1.807, 2.05) is 0 Å². The van der Waals surface area contributed by atoms with Crippen LogP contribution >= 0.6 is 0 Å². The van der Waals surface area contributed by atoms with Gasteiger partial charge in [-0.2, -0.15) is 5.26 Å². The van der Waals surface area contributed by atoms with E-state index in [0.717, 1.165) is 38.8 Å². The molecular formula is C21H29N3O4. The van der Waals surface area contributed by atoms with Gasteiger partial charge in [0.05, 0.1) is 36.5 Å². The molecule has 0 aromatic heterocycles. The molecule has 1 unspecified atom stereocenters. The summed E-state index contributed by atoms with van der Waals surface area (Å²) in [4.78, 5) is 15.1. The predicted molar refractivity (Wildman–Crippen MR) is 105 cm³/mol. The van der Waals surface area contributed by atoms with Gasteiger partial charge in [-0.3, -0.25) is 4.79 Å². The molecule has 0 aliphatic carbocycles. The zero-order valence-corrected chi connectivity index (χ0v) is 16.4. The van der Waals surface area contributed by atoms with Crippen molar-refractivity contribution < 1.29 is 19.4 Å². The molecule has 3 rings (SSSR count). The van der Waals surface area contributed by atoms with Crippen molar-refractivity contribution in [3.8, 4) is 17.6 Å². The number of ether oxygens (including phenoxy) is 2. The van der Waals surface area contributed by atoms with Gasteiger partial charge in [0.2, 0.25) is 0 Å². The van der Waals surface area contributed by atoms with Gasteiger partial charge in [0.15, 0.2) is 11.5 Å². The van der Waals surface area contributed by atoms with Crippen LogP contribution in [-0.4, -0.2) is 61.4 Å². The average Bonchev–Trinajstić information content (AvgIpc) is 2.95. The molecule has 1 saturated heterocycles. The summed E-state index contributed by atoms with van der Waals surface area (Å²) in [5.41, 5.74) is 0.671. The second kappa shape index (κ2) is 9.76. The second-order valence-corrected chi connectivity index (χ2v) is 7.49. The Kier molecular flexibility index (Phi) is 7.12. The van der Waals surface area contributed by atoms with Gasteiger partial charge in [0.25, 0.3) is 5.91 Å². The molecule has 1 fully saturated rings. The van der Waals surface area contributed by atoms with E-state index in [9.17, 15) is 15.2 Å². The van der Waals surface area contributed by atoms with Crippen LogP contribution in [0.1, 0.15) is 48.5 Å². The first-order chi connectivity index (χ1) is 13.6. The largest absolute Gasteiger partial charge is 0.489 e. The number of benzene rings is 1. The van der Waals surface area contributed by atoms with Gasteiger partial charge in [-0.25, -0.2) is 0 Å². The lowest BCUT2D eigenvalue weighted by Crippen LogP contribution is -2.47. The highest BCUT2D eigenvalue weighted by Crippen LogP contribution is 2.35. The molecular weight excluding hydrogens is 358 g/mol. The number of unbranched alkanes of at least 4 members (excludes halogenated alkanes) is 1. The van der Waals surface area contributed by atoms with Crippen LogP contribution in [0, 0.1) is 17.2 Å². The lowest BCUT2D eigenvalue weighted by molar-refractivity contribution is 0.0217. The fourth-order valence-electron chi connectivity index (χ4n) is 3.69. The summed E-state index contributed by atoms with van der Waals surface area (Å²) in [5, 5.41) is 22.6. The zero-order chi connectivity index (χ0) is 19.9. The standard InChI is InChI=1S/C21H29N3O4/c1-2-3-6-24-7-5-16(18(25)14-24)13-23-21(26)17-10-15(12-22)11-19-20(17)28-9-4-8-27-19/h10-11,16,18,25H,2-9,13-14H2,1H3,(H,23,26)/t16-,18?/m0/s1. The first kappa shape index (κ1) is 20.4. The van der Waals surface area contributed by atoms with Gasteiger partial charge in [0.1, 0.15) is 0 Å². The summed E-state index contributed by atoms with van der Waals surface area (Å²) in [6, 6.07) is 5.20. The molecule has 0 radical (unpaired) electrons. The molecule has 2 atom stereocenters. The number of likely N-dealkylation sites (tertiary alicyclic amines) is 1. The van der Waals surface area contributed by atoms with E-state index < -0.39 is 6.10 Å². The lowest BCUT2D eigenvalue weighted by atomic mass is 9.93. The van der Waals surface area contributed by atoms with Gasteiger partial charge < -0.3 is 24.8 Å². The monoisotopic (exact) mass is 387 g/mol. The van der Waals surface area contributed by atoms with Gasteiger partial charge >= 0.3 is 0 Å². The van der Waals surface area contributed by atoms with Gasteiger partial charge in [-0.1, -0.05) is 13.3 Å². The maximum atomic E-state index is 12.8. The van der Waals surface area contributed by atoms with Crippen molar-refractivity contribution in [2.24, 2.45) is 5.92 Å². The number of hydrogen-bond donors (Lipinski definition) is 2. The summed E-state index contributed by atoms with van der Waals surface area (Å²) in [7, 11) is 0. The van der Waals surface area contributed by atoms with Crippen LogP contribution < -0.4 is 14.8 Å². The smallest absolute Gasteiger partial charge is 0.255 e. The number of aliphatic hydroxyl groups is 1. The number of nitrogens with one attached hydrogen (secondary N) is 1. The third kappa shape index (κ3) is 4.94. The summed E-state index contributed by atoms with van der Waals surface area (Å²) < 4.78 is 11.3. The van der Waals surface area contributed by atoms with Crippen molar-refractivity contribution in [3.05, 3.63) is 23.3 Å². The highest BCUT2D eigenvalue weighted by atomic mass is 16.5. The predicted octanol–water partition coefficient (Wildman–Crippen LogP) is 1.93. The van der Waals surface area contributed by atoms with Crippen molar-refractivity contribution in [3.63, 3.8) is 0 Å². The van der Waals surface area contributed by atoms with Crippen LogP contribution in [0.2, 0.25) is 0 Å². The number of β-amino-alcohol motifs (C(OH)–C–C–N with tert-alkyl or cyclic N) is 1. The molecule has 152 valence electrons. The minimum absolute atomic E-state index is 0.0248. The molecule has 2 aliphatic heterocycles. The Bertz CT molecular complexity index is 731. The number of piperidine rings is 1. The van der Waals surface area contributed by atoms with Crippen LogP contribution in [0.25, 0.3) is 0 Å². The number of carbonyl (C=O) groups is 1. The van der Waals surface area contributed by atoms with Crippen molar-refractivity contribution in [1.29, 1.82) is 5.26 Å². The molecule has 28 heavy (non-hydrogen) atoms. The van der Waals surface area contributed by atoms with E-state index >= 15 is 0 Å². The number of hydrogen-bond acceptors (Lipinski definition) is 6. The third-order valence-corrected chi connectivity index (χ3v) is 5.38. The number of carbonyl (C=O) groups excluding carboxylic acids is 1. The minimum atomic E-state index is -0.451. The third-order valence-electron chi connectivity index (χ3n) is 5.38. The number of rotatable bonds is 6. The van der Waals surface area contributed by atoms with Crippen molar-refractivity contribution in [1.82, 2.24) is 10.2 Å². The summed E-state index contributed by atoms with van der Waals surface area (Å²) in [5.74, 6) is 0.547. The van der Waals surface area contributed by atoms with Crippen LogP contribution in [-0.2, 0) is 0 Å². The molecule has 0 saturated carbocycles. The summed E-state index contributed by atoms with van der Waals surface area (Å²) in [6.07, 6.45) is 3.40. The topological polar surface area (TPSA) is 94.8 Å². The molecule has 0 spiro atoms. The Balaban J connectivity index is 1.63. The molecule has 1 aromatic rings. The Morgan fingerprint density at radius 2 is 2.21 bits per heavy atom. The average molecular weight is 387 g/mol. The van der Waals surface area contributed by atoms with Crippen molar-refractivity contribution in [2.45, 2.75) is 38.7 Å². The molecule has 7 nitrogen and oxygen atoms in total. The number of fused-ring (bicyclic) bond motifs is 1. The van der Waals surface area contributed by atoms with Gasteiger partial charge in [-0.15, -0.1) is 0 Å². The highest BCUT2D eigenvalue weighted by molar-refractivity contribution is 5.98. The van der Waals surface area contributed by atoms with E-state index in [4.69, 9.17) is 9.47 Å². The fourth-order valence-corrected chi connectivity index (χ4v) is 3.69. The second-order valence-electron chi connectivity index (χ2n) is 7.49. The molecule has 0 bridgehead atoms. The lowest BCUT2D eigenvalue weighted by Gasteiger charge is -2.36. The van der Waals surface area contributed by atoms with Gasteiger partial charge in [-0.05, 0) is 32.0 Å². The minimum Gasteiger partial charge on any atom is -0.489 e. The Morgan fingerprint density at radius 1 is 1.39 bits per heavy atom. The number of amides is 1. The zero-order valence-electron chi connectivity index (χ0n) is 16.4. The number of nitriles is 1. The van der Waals surface area contributed by atoms with Crippen molar-refractivity contribution >= 4 is 5.91 Å². The van der Waals surface area contributed by atoms with Crippen LogP contribution in [0.5, 0.6) is 11.5 Å². The first-order valence-electron chi connectivity index (χ1n) is 10.1. The normalized spacial score (nSPS) is 22.2. The fraction of sp³-hybridized carbons (Fsp3) is 0.619. The number of nitrogens with zero attached hydrogens (tertiary/aromatic N) is 2. The van der Waals surface area contributed by atoms with E-state index in [2.05, 4.69) is 23.2 Å². The number of aliphatic hydroxyl groups excluding tert-OH is 1. The molecule has 2 N–H and O–H groups in total. The van der Waals surface area contributed by atoms with E-state index in [1.54, 1.807) is 6.07 Å². The molecule has 1 amide bonds. The highest BCUT2D eigenvalue weighted by Gasteiger charge is 2.28. The van der Waals surface area contributed by atoms with Crippen LogP contribution in [0.3, 0.4) is 0 Å².